The number of benzene rings is 2. The number of aliphatic hydroxyl groups excluding tert-OH is 1. The molecule has 13 heteroatoms. The summed E-state index contributed by atoms with van der Waals surface area (Å²) >= 11 is 0. The Morgan fingerprint density at radius 2 is 1.64 bits per heavy atom. The molecule has 3 aliphatic heterocycles. The molecule has 0 bridgehead atoms. The van der Waals surface area contributed by atoms with Gasteiger partial charge in [0, 0.05) is 38.4 Å². The van der Waals surface area contributed by atoms with Gasteiger partial charge >= 0.3 is 12.1 Å². The van der Waals surface area contributed by atoms with Crippen molar-refractivity contribution in [2.75, 3.05) is 26.3 Å². The van der Waals surface area contributed by atoms with Crippen LogP contribution < -0.4 is 16.0 Å². The van der Waals surface area contributed by atoms with E-state index in [0.717, 1.165) is 34.2 Å². The van der Waals surface area contributed by atoms with Gasteiger partial charge < -0.3 is 44.7 Å². The Balaban J connectivity index is 0.906. The average molecular weight is 800 g/mol. The number of fused-ring (bicyclic) bond motifs is 3. The third kappa shape index (κ3) is 11.0. The van der Waals surface area contributed by atoms with Gasteiger partial charge in [0.2, 0.25) is 11.8 Å². The second kappa shape index (κ2) is 19.3. The molecule has 4 aliphatic rings. The van der Waals surface area contributed by atoms with Gasteiger partial charge in [0.25, 0.3) is 0 Å². The van der Waals surface area contributed by atoms with E-state index in [0.29, 0.717) is 19.4 Å². The Labute approximate surface area is 340 Å². The fourth-order valence-electron chi connectivity index (χ4n) is 8.18. The predicted octanol–water partition coefficient (Wildman–Crippen LogP) is 5.02. The summed E-state index contributed by atoms with van der Waals surface area (Å²) in [6.45, 7) is 10.1. The molecule has 1 aliphatic carbocycles. The maximum absolute atomic E-state index is 12.9. The van der Waals surface area contributed by atoms with Gasteiger partial charge in [-0.3, -0.25) is 14.4 Å². The van der Waals surface area contributed by atoms with Gasteiger partial charge in [0.15, 0.2) is 0 Å². The Bertz CT molecular complexity index is 1840. The van der Waals surface area contributed by atoms with E-state index in [-0.39, 0.29) is 68.0 Å². The molecule has 58 heavy (non-hydrogen) atoms. The zero-order chi connectivity index (χ0) is 41.4. The molecule has 0 unspecified atom stereocenters. The summed E-state index contributed by atoms with van der Waals surface area (Å²) in [7, 11) is 0. The average Bonchev–Trinajstić information content (AvgIpc) is 3.89. The maximum atomic E-state index is 12.9. The molecule has 2 aromatic carbocycles. The highest BCUT2D eigenvalue weighted by Crippen LogP contribution is 2.45. The Kier molecular flexibility index (Phi) is 14.2. The van der Waals surface area contributed by atoms with Crippen molar-refractivity contribution in [3.05, 3.63) is 95.6 Å². The number of nitrogens with one attached hydrogen (secondary N) is 3. The van der Waals surface area contributed by atoms with Gasteiger partial charge in [-0.2, -0.15) is 0 Å². The molecule has 0 saturated carbocycles. The smallest absolute Gasteiger partial charge is 0.407 e. The Morgan fingerprint density at radius 1 is 0.966 bits per heavy atom. The van der Waals surface area contributed by atoms with Crippen LogP contribution in [0.5, 0.6) is 0 Å². The second-order valence-corrected chi connectivity index (χ2v) is 16.0. The number of rotatable bonds is 15. The van der Waals surface area contributed by atoms with Crippen LogP contribution in [0.4, 0.5) is 4.79 Å². The first-order valence-electron chi connectivity index (χ1n) is 20.3. The second-order valence-electron chi connectivity index (χ2n) is 16.0. The molecule has 312 valence electrons. The molecule has 3 amide bonds. The summed E-state index contributed by atoms with van der Waals surface area (Å²) in [6, 6.07) is 16.2. The molecule has 6 rings (SSSR count). The summed E-state index contributed by atoms with van der Waals surface area (Å²) in [6.07, 6.45) is 7.39. The zero-order valence-electron chi connectivity index (χ0n) is 34.0. The predicted molar refractivity (Wildman–Crippen MR) is 217 cm³/mol. The van der Waals surface area contributed by atoms with Crippen molar-refractivity contribution in [3.63, 3.8) is 0 Å². The minimum atomic E-state index is -0.869. The van der Waals surface area contributed by atoms with Crippen molar-refractivity contribution in [3.8, 4) is 11.1 Å². The Hall–Kier alpha value is -4.82. The van der Waals surface area contributed by atoms with Crippen molar-refractivity contribution in [2.24, 2.45) is 5.92 Å². The summed E-state index contributed by atoms with van der Waals surface area (Å²) in [5.41, 5.74) is 4.83. The number of hydrogen-bond acceptors (Lipinski definition) is 10. The molecular weight excluding hydrogens is 743 g/mol. The van der Waals surface area contributed by atoms with Crippen molar-refractivity contribution >= 4 is 23.9 Å². The monoisotopic (exact) mass is 799 g/mol. The lowest BCUT2D eigenvalue weighted by Gasteiger charge is -2.39. The molecule has 9 atom stereocenters. The number of hydrogen-bond donors (Lipinski definition) is 4. The van der Waals surface area contributed by atoms with E-state index in [1.807, 2.05) is 50.3 Å². The van der Waals surface area contributed by atoms with E-state index in [2.05, 4.69) is 53.2 Å². The van der Waals surface area contributed by atoms with E-state index >= 15 is 0 Å². The molecule has 0 aromatic heterocycles. The first kappa shape index (κ1) is 42.8. The summed E-state index contributed by atoms with van der Waals surface area (Å²) < 4.78 is 28.8. The summed E-state index contributed by atoms with van der Waals surface area (Å²) in [4.78, 5) is 49.0. The number of ether oxygens (including phenoxy) is 5. The Morgan fingerprint density at radius 3 is 2.31 bits per heavy atom. The number of aliphatic hydroxyl groups is 1. The SMILES string of the molecule is CC(=O)O[C@@H](C)C=CC(=O)N[C@@H]1C[C@H](C)[C@H](CC=C(C)C=C[C@H]2O[C@H](CC(=O)NCCNC(=O)OCC3c4ccccc4-c4ccccc43)C[C@@]3(CO3)[C@@H]2O)O[C@@H]1C. The lowest BCUT2D eigenvalue weighted by Crippen LogP contribution is -2.51. The van der Waals surface area contributed by atoms with E-state index in [1.54, 1.807) is 13.0 Å². The molecule has 2 aromatic rings. The van der Waals surface area contributed by atoms with Crippen LogP contribution in [0.3, 0.4) is 0 Å². The van der Waals surface area contributed by atoms with Gasteiger partial charge in [-0.1, -0.05) is 79.3 Å². The van der Waals surface area contributed by atoms with Crippen LogP contribution in [0.1, 0.15) is 77.3 Å². The van der Waals surface area contributed by atoms with Crippen LogP contribution >= 0.6 is 0 Å². The van der Waals surface area contributed by atoms with Crippen LogP contribution in [0.2, 0.25) is 0 Å². The highest BCUT2D eigenvalue weighted by Gasteiger charge is 2.58. The molecular formula is C45H57N3O10. The van der Waals surface area contributed by atoms with Crippen molar-refractivity contribution < 1.29 is 48.0 Å². The fourth-order valence-corrected chi connectivity index (χ4v) is 8.18. The number of esters is 1. The lowest BCUT2D eigenvalue weighted by atomic mass is 9.87. The van der Waals surface area contributed by atoms with Crippen LogP contribution in [0.25, 0.3) is 11.1 Å². The van der Waals surface area contributed by atoms with Gasteiger partial charge in [-0.15, -0.1) is 0 Å². The number of amides is 3. The first-order chi connectivity index (χ1) is 27.8. The van der Waals surface area contributed by atoms with Gasteiger partial charge in [0.1, 0.15) is 30.5 Å². The lowest BCUT2D eigenvalue weighted by molar-refractivity contribution is -0.145. The van der Waals surface area contributed by atoms with Crippen LogP contribution in [-0.2, 0) is 38.1 Å². The normalized spacial score (nSPS) is 28.4. The number of alkyl carbamates (subject to hydrolysis) is 1. The molecule has 0 radical (unpaired) electrons. The first-order valence-corrected chi connectivity index (χ1v) is 20.3. The van der Waals surface area contributed by atoms with Gasteiger partial charge in [-0.05, 0) is 67.9 Å². The maximum Gasteiger partial charge on any atom is 0.407 e. The molecule has 3 fully saturated rings. The molecule has 1 spiro atoms. The van der Waals surface area contributed by atoms with E-state index < -0.39 is 42.1 Å². The number of allylic oxidation sites excluding steroid dienone is 2. The van der Waals surface area contributed by atoms with Crippen molar-refractivity contribution in [1.82, 2.24) is 16.0 Å². The van der Waals surface area contributed by atoms with E-state index in [1.165, 1.54) is 13.0 Å². The molecule has 3 heterocycles. The highest BCUT2D eigenvalue weighted by atomic mass is 16.6. The summed E-state index contributed by atoms with van der Waals surface area (Å²) in [5, 5.41) is 19.7. The summed E-state index contributed by atoms with van der Waals surface area (Å²) in [5.74, 6) is -0.749. The number of epoxide rings is 1. The number of carbonyl (C=O) groups excluding carboxylic acids is 4. The van der Waals surface area contributed by atoms with Crippen LogP contribution in [0.15, 0.2) is 84.5 Å². The van der Waals surface area contributed by atoms with E-state index in [4.69, 9.17) is 23.7 Å². The van der Waals surface area contributed by atoms with E-state index in [9.17, 15) is 24.3 Å². The molecule has 13 nitrogen and oxygen atoms in total. The quantitative estimate of drug-likeness (QED) is 0.0630. The number of carbonyl (C=O) groups is 4. The van der Waals surface area contributed by atoms with Crippen molar-refractivity contribution in [2.45, 2.75) is 114 Å². The van der Waals surface area contributed by atoms with Crippen molar-refractivity contribution in [1.29, 1.82) is 0 Å². The minimum absolute atomic E-state index is 0.0356. The third-order valence-electron chi connectivity index (χ3n) is 11.4. The minimum Gasteiger partial charge on any atom is -0.459 e. The third-order valence-corrected chi connectivity index (χ3v) is 11.4. The standard InChI is InChI=1S/C45H57N3O10/c1-27(14-17-39-28(2)22-38(30(4)57-39)48-41(50)19-16-29(3)56-31(5)49)15-18-40-43(52)45(26-55-45)24-32(58-40)23-42(51)46-20-21-47-44(53)54-25-37-35-12-8-6-10-33(35)34-11-7-9-13-36(34)37/h6-16,18-19,28-30,32,37-40,43,52H,17,20-26H2,1-5H3,(H,46,51)(H,47,53)(H,48,50)/t28-,29-,30+,32+,38+,39-,40+,43+,45+/m0/s1. The van der Waals surface area contributed by atoms with Gasteiger partial charge in [-0.25, -0.2) is 4.79 Å². The van der Waals surface area contributed by atoms with Crippen LogP contribution in [0, 0.1) is 5.92 Å². The fraction of sp³-hybridized carbons (Fsp3) is 0.511. The molecule has 3 saturated heterocycles. The largest absolute Gasteiger partial charge is 0.459 e. The molecule has 4 N–H and O–H groups in total. The zero-order valence-corrected chi connectivity index (χ0v) is 34.0. The topological polar surface area (TPSA) is 174 Å². The van der Waals surface area contributed by atoms with Gasteiger partial charge in [0.05, 0.1) is 37.4 Å². The highest BCUT2D eigenvalue weighted by molar-refractivity contribution is 5.88. The van der Waals surface area contributed by atoms with Crippen LogP contribution in [-0.4, -0.2) is 104 Å².